The maximum Gasteiger partial charge on any atom is 0.157 e. The predicted octanol–water partition coefficient (Wildman–Crippen LogP) is 6.93. The summed E-state index contributed by atoms with van der Waals surface area (Å²) in [4.78, 5) is 0. The summed E-state index contributed by atoms with van der Waals surface area (Å²) in [5.74, 6) is 0. The van der Waals surface area contributed by atoms with Gasteiger partial charge in [-0.2, -0.15) is 0 Å². The molecule has 1 atom stereocenters. The van der Waals surface area contributed by atoms with Crippen molar-refractivity contribution < 1.29 is 9.47 Å². The molecule has 140 valence electrons. The lowest BCUT2D eigenvalue weighted by Gasteiger charge is -2.22. The van der Waals surface area contributed by atoms with Crippen LogP contribution in [0.3, 0.4) is 0 Å². The molecule has 0 spiro atoms. The van der Waals surface area contributed by atoms with Gasteiger partial charge in [0.1, 0.15) is 0 Å². The Hall–Kier alpha value is -0.340. The third kappa shape index (κ3) is 9.22. The molecule has 1 unspecified atom stereocenters. The summed E-state index contributed by atoms with van der Waals surface area (Å²) < 4.78 is 11.4. The molecule has 2 aliphatic rings. The van der Waals surface area contributed by atoms with E-state index in [2.05, 4.69) is 6.92 Å². The van der Waals surface area contributed by atoms with E-state index >= 15 is 0 Å². The molecule has 1 fully saturated rings. The summed E-state index contributed by atoms with van der Waals surface area (Å²) in [5, 5.41) is 0. The van der Waals surface area contributed by atoms with Gasteiger partial charge in [0.05, 0.1) is 0 Å². The smallest absolute Gasteiger partial charge is 0.157 e. The topological polar surface area (TPSA) is 18.5 Å². The second kappa shape index (κ2) is 12.9. The van der Waals surface area contributed by atoms with E-state index in [9.17, 15) is 0 Å². The molecule has 0 aromatic carbocycles. The zero-order chi connectivity index (χ0) is 16.9. The van der Waals surface area contributed by atoms with Crippen molar-refractivity contribution in [2.45, 2.75) is 116 Å². The normalized spacial score (nSPS) is 20.6. The molecule has 24 heavy (non-hydrogen) atoms. The van der Waals surface area contributed by atoms with E-state index in [1.807, 2.05) is 5.57 Å². The Kier molecular flexibility index (Phi) is 10.8. The second-order valence-electron chi connectivity index (χ2n) is 7.73. The largest absolute Gasteiger partial charge is 0.353 e. The van der Waals surface area contributed by atoms with Crippen molar-refractivity contribution in [1.82, 2.24) is 0 Å². The first-order valence-corrected chi connectivity index (χ1v) is 10.8. The van der Waals surface area contributed by atoms with Crippen LogP contribution in [0, 0.1) is 0 Å². The molecule has 0 radical (unpaired) electrons. The van der Waals surface area contributed by atoms with Gasteiger partial charge in [-0.25, -0.2) is 0 Å². The zero-order valence-corrected chi connectivity index (χ0v) is 16.1. The Labute approximate surface area is 150 Å². The molecule has 0 amide bonds. The minimum absolute atomic E-state index is 0.0998. The number of hydrogen-bond acceptors (Lipinski definition) is 2. The minimum atomic E-state index is 0.0998. The summed E-state index contributed by atoms with van der Waals surface area (Å²) in [6, 6.07) is 0. The van der Waals surface area contributed by atoms with Crippen molar-refractivity contribution in [2.24, 2.45) is 0 Å². The Morgan fingerprint density at radius 2 is 1.50 bits per heavy atom. The van der Waals surface area contributed by atoms with Gasteiger partial charge in [0, 0.05) is 13.2 Å². The lowest BCUT2D eigenvalue weighted by molar-refractivity contribution is -0.162. The van der Waals surface area contributed by atoms with Crippen molar-refractivity contribution >= 4 is 0 Å². The van der Waals surface area contributed by atoms with Gasteiger partial charge < -0.3 is 9.47 Å². The Morgan fingerprint density at radius 1 is 0.833 bits per heavy atom. The van der Waals surface area contributed by atoms with Crippen LogP contribution in [0.25, 0.3) is 0 Å². The van der Waals surface area contributed by atoms with Crippen LogP contribution < -0.4 is 0 Å². The highest BCUT2D eigenvalue weighted by Crippen LogP contribution is 2.38. The van der Waals surface area contributed by atoms with Gasteiger partial charge >= 0.3 is 0 Å². The van der Waals surface area contributed by atoms with E-state index in [-0.39, 0.29) is 6.29 Å². The van der Waals surface area contributed by atoms with Crippen LogP contribution in [0.4, 0.5) is 0 Å². The standard InChI is InChI=1S/C22H40O2/c1-2-3-14-20-19-21(20)15-10-8-6-4-5-7-9-12-17-23-22-16-11-13-18-24-22/h22H,2-19H2,1H3. The summed E-state index contributed by atoms with van der Waals surface area (Å²) >= 11 is 0. The monoisotopic (exact) mass is 336 g/mol. The third-order valence-corrected chi connectivity index (χ3v) is 5.45. The van der Waals surface area contributed by atoms with Crippen molar-refractivity contribution in [2.75, 3.05) is 13.2 Å². The summed E-state index contributed by atoms with van der Waals surface area (Å²) in [6.45, 7) is 4.07. The van der Waals surface area contributed by atoms with Crippen LogP contribution in [-0.2, 0) is 9.47 Å². The van der Waals surface area contributed by atoms with Gasteiger partial charge in [-0.3, -0.25) is 0 Å². The average Bonchev–Trinajstić information content (AvgIpc) is 3.37. The van der Waals surface area contributed by atoms with Crippen molar-refractivity contribution in [3.8, 4) is 0 Å². The Morgan fingerprint density at radius 3 is 2.17 bits per heavy atom. The van der Waals surface area contributed by atoms with E-state index in [1.165, 1.54) is 96.3 Å². The third-order valence-electron chi connectivity index (χ3n) is 5.45. The van der Waals surface area contributed by atoms with Crippen LogP contribution >= 0.6 is 0 Å². The first-order valence-electron chi connectivity index (χ1n) is 10.8. The highest BCUT2D eigenvalue weighted by atomic mass is 16.7. The number of rotatable bonds is 15. The molecule has 2 heteroatoms. The van der Waals surface area contributed by atoms with Gasteiger partial charge in [-0.15, -0.1) is 0 Å². The molecular formula is C22H40O2. The molecule has 2 nitrogen and oxygen atoms in total. The first kappa shape index (κ1) is 20.0. The molecule has 0 N–H and O–H groups in total. The molecule has 1 heterocycles. The van der Waals surface area contributed by atoms with E-state index in [1.54, 1.807) is 5.57 Å². The SMILES string of the molecule is CCCCC1=C(CCCCCCCCCCOC2CCCCO2)C1. The van der Waals surface area contributed by atoms with Crippen LogP contribution in [-0.4, -0.2) is 19.5 Å². The summed E-state index contributed by atoms with van der Waals surface area (Å²) in [7, 11) is 0. The van der Waals surface area contributed by atoms with Gasteiger partial charge in [-0.05, 0) is 57.8 Å². The number of hydrogen-bond donors (Lipinski definition) is 0. The van der Waals surface area contributed by atoms with E-state index in [4.69, 9.17) is 9.47 Å². The fourth-order valence-electron chi connectivity index (χ4n) is 3.69. The summed E-state index contributed by atoms with van der Waals surface area (Å²) in [5.41, 5.74) is 3.61. The lowest BCUT2D eigenvalue weighted by Crippen LogP contribution is -2.22. The number of unbranched alkanes of at least 4 members (excludes halogenated alkanes) is 8. The molecular weight excluding hydrogens is 296 g/mol. The number of ether oxygens (including phenoxy) is 2. The molecule has 0 aromatic rings. The molecule has 1 aliphatic carbocycles. The maximum atomic E-state index is 5.78. The second-order valence-corrected chi connectivity index (χ2v) is 7.73. The van der Waals surface area contributed by atoms with Gasteiger partial charge in [-0.1, -0.05) is 63.0 Å². The van der Waals surface area contributed by atoms with E-state index in [0.717, 1.165) is 19.6 Å². The van der Waals surface area contributed by atoms with Crippen LogP contribution in [0.15, 0.2) is 11.1 Å². The van der Waals surface area contributed by atoms with Gasteiger partial charge in [0.2, 0.25) is 0 Å². The van der Waals surface area contributed by atoms with E-state index in [0.29, 0.717) is 0 Å². The van der Waals surface area contributed by atoms with E-state index < -0.39 is 0 Å². The number of allylic oxidation sites excluding steroid dienone is 2. The fraction of sp³-hybridized carbons (Fsp3) is 0.909. The molecule has 0 aromatic heterocycles. The Bertz CT molecular complexity index is 342. The predicted molar refractivity (Wildman–Crippen MR) is 102 cm³/mol. The van der Waals surface area contributed by atoms with Crippen molar-refractivity contribution in [3.63, 3.8) is 0 Å². The highest BCUT2D eigenvalue weighted by molar-refractivity contribution is 5.34. The average molecular weight is 337 g/mol. The molecule has 2 rings (SSSR count). The lowest BCUT2D eigenvalue weighted by atomic mass is 10.1. The fourth-order valence-corrected chi connectivity index (χ4v) is 3.69. The minimum Gasteiger partial charge on any atom is -0.353 e. The van der Waals surface area contributed by atoms with Crippen LogP contribution in [0.5, 0.6) is 0 Å². The van der Waals surface area contributed by atoms with Crippen LogP contribution in [0.1, 0.15) is 110 Å². The van der Waals surface area contributed by atoms with Crippen molar-refractivity contribution in [1.29, 1.82) is 0 Å². The van der Waals surface area contributed by atoms with Gasteiger partial charge in [0.25, 0.3) is 0 Å². The molecule has 1 saturated heterocycles. The Balaban J connectivity index is 1.27. The quantitative estimate of drug-likeness (QED) is 0.238. The molecule has 1 aliphatic heterocycles. The highest BCUT2D eigenvalue weighted by Gasteiger charge is 2.19. The molecule has 0 saturated carbocycles. The van der Waals surface area contributed by atoms with Crippen molar-refractivity contribution in [3.05, 3.63) is 11.1 Å². The maximum absolute atomic E-state index is 5.78. The first-order chi connectivity index (χ1) is 11.9. The summed E-state index contributed by atoms with van der Waals surface area (Å²) in [6.07, 6.45) is 21.6. The van der Waals surface area contributed by atoms with Gasteiger partial charge in [0.15, 0.2) is 6.29 Å². The molecule has 0 bridgehead atoms. The zero-order valence-electron chi connectivity index (χ0n) is 16.1. The van der Waals surface area contributed by atoms with Crippen LogP contribution in [0.2, 0.25) is 0 Å².